The highest BCUT2D eigenvalue weighted by molar-refractivity contribution is 5.86. The molecule has 0 saturated heterocycles. The number of hydrogen-bond acceptors (Lipinski definition) is 1. The first kappa shape index (κ1) is 13.7. The molecule has 1 heterocycles. The lowest BCUT2D eigenvalue weighted by molar-refractivity contribution is 0.133. The van der Waals surface area contributed by atoms with Crippen LogP contribution in [-0.4, -0.2) is 10.2 Å². The summed E-state index contributed by atoms with van der Waals surface area (Å²) in [7, 11) is 0. The van der Waals surface area contributed by atoms with Crippen molar-refractivity contribution in [3.8, 4) is 5.75 Å². The fourth-order valence-electron chi connectivity index (χ4n) is 2.53. The van der Waals surface area contributed by atoms with Crippen LogP contribution < -0.4 is 4.74 Å². The molecule has 2 aromatic carbocycles. The molecule has 0 fully saturated rings. The van der Waals surface area contributed by atoms with E-state index in [-0.39, 0.29) is 5.60 Å². The number of hydrogen-bond donors (Lipinski definition) is 0. The minimum Gasteiger partial charge on any atom is -0.487 e. The number of aromatic nitrogens is 1. The quantitative estimate of drug-likeness (QED) is 0.667. The van der Waals surface area contributed by atoms with Crippen molar-refractivity contribution in [3.05, 3.63) is 66.4 Å². The first-order valence-corrected chi connectivity index (χ1v) is 7.34. The molecule has 0 N–H and O–H groups in total. The first-order valence-electron chi connectivity index (χ1n) is 7.34. The maximum atomic E-state index is 6.07. The van der Waals surface area contributed by atoms with E-state index in [2.05, 4.69) is 74.0 Å². The van der Waals surface area contributed by atoms with Crippen LogP contribution in [-0.2, 0) is 6.54 Å². The van der Waals surface area contributed by atoms with Gasteiger partial charge in [-0.3, -0.25) is 0 Å². The lowest BCUT2D eigenvalue weighted by atomic mass is 10.1. The molecule has 3 rings (SSSR count). The fraction of sp³-hybridized carbons (Fsp3) is 0.263. The van der Waals surface area contributed by atoms with Crippen LogP contribution in [0.2, 0.25) is 0 Å². The Kier molecular flexibility index (Phi) is 3.46. The van der Waals surface area contributed by atoms with Crippen molar-refractivity contribution in [3.63, 3.8) is 0 Å². The van der Waals surface area contributed by atoms with Crippen molar-refractivity contribution >= 4 is 10.9 Å². The molecule has 0 atom stereocenters. The van der Waals surface area contributed by atoms with Gasteiger partial charge in [0.2, 0.25) is 0 Å². The van der Waals surface area contributed by atoms with Gasteiger partial charge in [-0.05, 0) is 44.5 Å². The molecule has 0 saturated carbocycles. The Morgan fingerprint density at radius 3 is 2.38 bits per heavy atom. The Labute approximate surface area is 126 Å². The predicted octanol–water partition coefficient (Wildman–Crippen LogP) is 4.87. The number of benzene rings is 2. The van der Waals surface area contributed by atoms with E-state index in [1.54, 1.807) is 0 Å². The summed E-state index contributed by atoms with van der Waals surface area (Å²) in [4.78, 5) is 0. The minimum absolute atomic E-state index is 0.185. The summed E-state index contributed by atoms with van der Waals surface area (Å²) >= 11 is 0. The van der Waals surface area contributed by atoms with E-state index in [1.807, 2.05) is 12.1 Å². The van der Waals surface area contributed by atoms with Crippen LogP contribution in [0.1, 0.15) is 26.3 Å². The second-order valence-electron chi connectivity index (χ2n) is 6.33. The molecule has 108 valence electrons. The monoisotopic (exact) mass is 279 g/mol. The smallest absolute Gasteiger partial charge is 0.129 e. The molecular formula is C19H21NO. The first-order chi connectivity index (χ1) is 10.0. The Balaban J connectivity index is 1.97. The van der Waals surface area contributed by atoms with Crippen LogP contribution >= 0.6 is 0 Å². The Bertz CT molecular complexity index is 735. The maximum absolute atomic E-state index is 6.07. The average molecular weight is 279 g/mol. The van der Waals surface area contributed by atoms with E-state index in [9.17, 15) is 0 Å². The number of rotatable bonds is 3. The van der Waals surface area contributed by atoms with Crippen LogP contribution in [0.4, 0.5) is 0 Å². The van der Waals surface area contributed by atoms with Gasteiger partial charge in [-0.2, -0.15) is 0 Å². The van der Waals surface area contributed by atoms with Crippen molar-refractivity contribution in [2.75, 3.05) is 0 Å². The van der Waals surface area contributed by atoms with E-state index >= 15 is 0 Å². The number of fused-ring (bicyclic) bond motifs is 1. The maximum Gasteiger partial charge on any atom is 0.129 e. The van der Waals surface area contributed by atoms with Crippen LogP contribution in [0.3, 0.4) is 0 Å². The van der Waals surface area contributed by atoms with E-state index in [0.29, 0.717) is 0 Å². The van der Waals surface area contributed by atoms with Gasteiger partial charge in [-0.1, -0.05) is 36.4 Å². The van der Waals surface area contributed by atoms with Gasteiger partial charge in [0.15, 0.2) is 0 Å². The topological polar surface area (TPSA) is 14.2 Å². The predicted molar refractivity (Wildman–Crippen MR) is 87.9 cm³/mol. The Morgan fingerprint density at radius 1 is 0.905 bits per heavy atom. The molecule has 0 bridgehead atoms. The van der Waals surface area contributed by atoms with Gasteiger partial charge in [-0.25, -0.2) is 0 Å². The molecule has 0 aliphatic heterocycles. The summed E-state index contributed by atoms with van der Waals surface area (Å²) in [6, 6.07) is 18.9. The Hall–Kier alpha value is -2.22. The minimum atomic E-state index is -0.185. The zero-order valence-corrected chi connectivity index (χ0v) is 12.8. The molecule has 21 heavy (non-hydrogen) atoms. The zero-order chi connectivity index (χ0) is 14.9. The summed E-state index contributed by atoms with van der Waals surface area (Å²) in [5, 5.41) is 1.17. The van der Waals surface area contributed by atoms with E-state index in [0.717, 1.165) is 12.3 Å². The van der Waals surface area contributed by atoms with Crippen molar-refractivity contribution in [2.24, 2.45) is 0 Å². The summed E-state index contributed by atoms with van der Waals surface area (Å²) in [5.41, 5.74) is 2.33. The van der Waals surface area contributed by atoms with Gasteiger partial charge >= 0.3 is 0 Å². The molecule has 3 aromatic rings. The van der Waals surface area contributed by atoms with Gasteiger partial charge in [-0.15, -0.1) is 0 Å². The van der Waals surface area contributed by atoms with Gasteiger partial charge in [0.1, 0.15) is 11.4 Å². The van der Waals surface area contributed by atoms with Gasteiger partial charge in [0, 0.05) is 18.1 Å². The molecule has 2 nitrogen and oxygen atoms in total. The highest BCUT2D eigenvalue weighted by Crippen LogP contribution is 2.29. The van der Waals surface area contributed by atoms with Crippen molar-refractivity contribution in [2.45, 2.75) is 32.9 Å². The molecule has 1 aromatic heterocycles. The molecule has 0 unspecified atom stereocenters. The number of nitrogens with zero attached hydrogens (tertiary/aromatic N) is 1. The summed E-state index contributed by atoms with van der Waals surface area (Å²) < 4.78 is 8.33. The van der Waals surface area contributed by atoms with Crippen LogP contribution in [0.15, 0.2) is 60.8 Å². The van der Waals surface area contributed by atoms with Gasteiger partial charge < -0.3 is 9.30 Å². The van der Waals surface area contributed by atoms with E-state index in [4.69, 9.17) is 4.74 Å². The molecule has 0 amide bonds. The molecule has 0 spiro atoms. The average Bonchev–Trinajstić information content (AvgIpc) is 2.83. The Morgan fingerprint density at radius 2 is 1.67 bits per heavy atom. The van der Waals surface area contributed by atoms with Crippen LogP contribution in [0, 0.1) is 0 Å². The van der Waals surface area contributed by atoms with E-state index < -0.39 is 0 Å². The highest BCUT2D eigenvalue weighted by atomic mass is 16.5. The molecule has 0 aliphatic carbocycles. The SMILES string of the molecule is CC(C)(C)Oc1cccc2c1ccn2Cc1ccccc1. The van der Waals surface area contributed by atoms with Crippen LogP contribution in [0.5, 0.6) is 5.75 Å². The van der Waals surface area contributed by atoms with Crippen molar-refractivity contribution < 1.29 is 4.74 Å². The third-order valence-electron chi connectivity index (χ3n) is 3.39. The third kappa shape index (κ3) is 3.10. The molecule has 2 heteroatoms. The van der Waals surface area contributed by atoms with Crippen molar-refractivity contribution in [1.82, 2.24) is 4.57 Å². The summed E-state index contributed by atoms with van der Waals surface area (Å²) in [6.45, 7) is 7.11. The summed E-state index contributed by atoms with van der Waals surface area (Å²) in [5.74, 6) is 0.951. The van der Waals surface area contributed by atoms with E-state index in [1.165, 1.54) is 16.5 Å². The van der Waals surface area contributed by atoms with Crippen molar-refractivity contribution in [1.29, 1.82) is 0 Å². The fourth-order valence-corrected chi connectivity index (χ4v) is 2.53. The molecular weight excluding hydrogens is 258 g/mol. The normalized spacial score (nSPS) is 11.8. The zero-order valence-electron chi connectivity index (χ0n) is 12.8. The molecule has 0 radical (unpaired) electrons. The summed E-state index contributed by atoms with van der Waals surface area (Å²) in [6.07, 6.45) is 2.13. The van der Waals surface area contributed by atoms with Gasteiger partial charge in [0.25, 0.3) is 0 Å². The number of ether oxygens (including phenoxy) is 1. The lowest BCUT2D eigenvalue weighted by Gasteiger charge is -2.22. The second kappa shape index (κ2) is 5.28. The highest BCUT2D eigenvalue weighted by Gasteiger charge is 2.14. The van der Waals surface area contributed by atoms with Gasteiger partial charge in [0.05, 0.1) is 5.52 Å². The standard InChI is InChI=1S/C19H21NO/c1-19(2,3)21-18-11-7-10-17-16(18)12-13-20(17)14-15-8-5-4-6-9-15/h4-13H,14H2,1-3H3. The second-order valence-corrected chi connectivity index (χ2v) is 6.33. The largest absolute Gasteiger partial charge is 0.487 e. The van der Waals surface area contributed by atoms with Crippen LogP contribution in [0.25, 0.3) is 10.9 Å². The lowest BCUT2D eigenvalue weighted by Crippen LogP contribution is -2.23. The molecule has 0 aliphatic rings. The third-order valence-corrected chi connectivity index (χ3v) is 3.39.